The van der Waals surface area contributed by atoms with E-state index in [9.17, 15) is 24.8 Å². The van der Waals surface area contributed by atoms with Gasteiger partial charge in [0.1, 0.15) is 16.0 Å². The van der Waals surface area contributed by atoms with Crippen LogP contribution < -0.4 is 5.56 Å². The number of ketones is 1. The van der Waals surface area contributed by atoms with Crippen LogP contribution in [0.3, 0.4) is 0 Å². The van der Waals surface area contributed by atoms with E-state index in [1.807, 2.05) is 23.6 Å². The second-order valence-corrected chi connectivity index (χ2v) is 11.0. The molecule has 0 aromatic carbocycles. The molecule has 2 fully saturated rings. The Bertz CT molecular complexity index is 1280. The lowest BCUT2D eigenvalue weighted by Crippen LogP contribution is -2.32. The summed E-state index contributed by atoms with van der Waals surface area (Å²) in [6.07, 6.45) is 6.00. The van der Waals surface area contributed by atoms with Crippen LogP contribution in [0.5, 0.6) is 5.88 Å². The highest BCUT2D eigenvalue weighted by Crippen LogP contribution is 2.35. The molecule has 176 valence electrons. The second-order valence-electron chi connectivity index (χ2n) is 8.30. The molecule has 1 saturated heterocycles. The van der Waals surface area contributed by atoms with Crippen molar-refractivity contribution in [1.29, 1.82) is 5.26 Å². The maximum absolute atomic E-state index is 13.2. The fourth-order valence-corrected chi connectivity index (χ4v) is 6.50. The van der Waals surface area contributed by atoms with Crippen molar-refractivity contribution >= 4 is 57.4 Å². The van der Waals surface area contributed by atoms with Crippen LogP contribution in [0, 0.1) is 18.3 Å². The lowest BCUT2D eigenvalue weighted by molar-refractivity contribution is -0.122. The van der Waals surface area contributed by atoms with E-state index >= 15 is 0 Å². The maximum Gasteiger partial charge on any atom is 0.271 e. The Morgan fingerprint density at radius 2 is 2.06 bits per heavy atom. The summed E-state index contributed by atoms with van der Waals surface area (Å²) < 4.78 is 1.59. The van der Waals surface area contributed by atoms with Crippen LogP contribution in [-0.4, -0.2) is 37.1 Å². The van der Waals surface area contributed by atoms with Crippen molar-refractivity contribution in [1.82, 2.24) is 9.47 Å². The van der Waals surface area contributed by atoms with Crippen molar-refractivity contribution in [3.8, 4) is 11.9 Å². The Morgan fingerprint density at radius 3 is 2.71 bits per heavy atom. The van der Waals surface area contributed by atoms with E-state index in [1.165, 1.54) is 39.5 Å². The zero-order valence-corrected chi connectivity index (χ0v) is 21.0. The third kappa shape index (κ3) is 4.60. The van der Waals surface area contributed by atoms with Crippen LogP contribution in [0.25, 0.3) is 6.08 Å². The summed E-state index contributed by atoms with van der Waals surface area (Å²) in [7, 11) is 0. The van der Waals surface area contributed by atoms with Gasteiger partial charge in [-0.15, -0.1) is 11.3 Å². The average Bonchev–Trinajstić information content (AvgIpc) is 3.41. The number of rotatable bonds is 6. The largest absolute Gasteiger partial charge is 0.494 e. The molecule has 1 N–H and O–H groups in total. The molecule has 1 aliphatic carbocycles. The van der Waals surface area contributed by atoms with Crippen molar-refractivity contribution in [2.24, 2.45) is 0 Å². The number of amides is 1. The molecule has 3 heterocycles. The summed E-state index contributed by atoms with van der Waals surface area (Å²) in [5, 5.41) is 22.5. The van der Waals surface area contributed by atoms with Crippen molar-refractivity contribution in [3.63, 3.8) is 0 Å². The topological polar surface area (TPSA) is 103 Å². The van der Waals surface area contributed by atoms with E-state index in [2.05, 4.69) is 0 Å². The predicted molar refractivity (Wildman–Crippen MR) is 137 cm³/mol. The van der Waals surface area contributed by atoms with Crippen molar-refractivity contribution in [2.45, 2.75) is 51.5 Å². The quantitative estimate of drug-likeness (QED) is 0.337. The third-order valence-electron chi connectivity index (χ3n) is 6.22. The molecule has 0 spiro atoms. The SMILES string of the molecule is Cc1c(C(=O)CCN2C(=O)/C(=C/c3cccs3)SC2=S)c(O)n(C2CCCCC2)c(=O)c1C#N. The first kappa shape index (κ1) is 24.4. The van der Waals surface area contributed by atoms with Crippen LogP contribution in [0.4, 0.5) is 0 Å². The third-order valence-corrected chi connectivity index (χ3v) is 8.41. The standard InChI is InChI=1S/C24H23N3O4S3/c1-14-17(13-25)21(29)27(15-6-3-2-4-7-15)23(31)20(14)18(28)9-10-26-22(30)19(34-24(26)32)12-16-8-5-11-33-16/h5,8,11-12,15,31H,2-4,6-7,9-10H2,1H3/b19-12-. The predicted octanol–water partition coefficient (Wildman–Crippen LogP) is 4.77. The first-order valence-electron chi connectivity index (χ1n) is 11.0. The monoisotopic (exact) mass is 513 g/mol. The molecular weight excluding hydrogens is 490 g/mol. The molecule has 2 aromatic rings. The van der Waals surface area contributed by atoms with Gasteiger partial charge in [-0.25, -0.2) is 0 Å². The molecule has 0 bridgehead atoms. The van der Waals surface area contributed by atoms with E-state index in [-0.39, 0.29) is 47.5 Å². The average molecular weight is 514 g/mol. The van der Waals surface area contributed by atoms with Crippen molar-refractivity contribution in [2.75, 3.05) is 6.54 Å². The summed E-state index contributed by atoms with van der Waals surface area (Å²) in [4.78, 5) is 41.8. The molecule has 4 rings (SSSR count). The van der Waals surface area contributed by atoms with Gasteiger partial charge in [0.15, 0.2) is 5.78 Å². The highest BCUT2D eigenvalue weighted by Gasteiger charge is 2.33. The Kier molecular flexibility index (Phi) is 7.36. The van der Waals surface area contributed by atoms with E-state index in [0.29, 0.717) is 22.1 Å². The fourth-order valence-electron chi connectivity index (χ4n) is 4.47. The maximum atomic E-state index is 13.2. The minimum atomic E-state index is -0.559. The molecule has 1 saturated carbocycles. The number of carbonyl (C=O) groups is 2. The molecule has 34 heavy (non-hydrogen) atoms. The van der Waals surface area contributed by atoms with Gasteiger partial charge in [-0.1, -0.05) is 49.3 Å². The Balaban J connectivity index is 1.59. The molecular formula is C24H23N3O4S3. The molecule has 0 unspecified atom stereocenters. The number of aromatic nitrogens is 1. The van der Waals surface area contributed by atoms with Gasteiger partial charge < -0.3 is 5.11 Å². The van der Waals surface area contributed by atoms with Gasteiger partial charge in [-0.05, 0) is 42.9 Å². The van der Waals surface area contributed by atoms with Gasteiger partial charge >= 0.3 is 0 Å². The lowest BCUT2D eigenvalue weighted by Gasteiger charge is -2.26. The summed E-state index contributed by atoms with van der Waals surface area (Å²) in [6, 6.07) is 5.47. The van der Waals surface area contributed by atoms with Crippen LogP contribution >= 0.6 is 35.3 Å². The van der Waals surface area contributed by atoms with Crippen LogP contribution in [0.2, 0.25) is 0 Å². The molecule has 2 aromatic heterocycles. The normalized spacial score (nSPS) is 18.0. The molecule has 7 nitrogen and oxygen atoms in total. The van der Waals surface area contributed by atoms with E-state index in [1.54, 1.807) is 6.08 Å². The number of hydrogen-bond donors (Lipinski definition) is 1. The minimum absolute atomic E-state index is 0.0266. The number of thiophene rings is 1. The number of thioether (sulfide) groups is 1. The number of hydrogen-bond acceptors (Lipinski definition) is 8. The highest BCUT2D eigenvalue weighted by atomic mass is 32.2. The lowest BCUT2D eigenvalue weighted by atomic mass is 9.93. The van der Waals surface area contributed by atoms with E-state index in [4.69, 9.17) is 12.2 Å². The number of nitriles is 1. The second kappa shape index (κ2) is 10.3. The van der Waals surface area contributed by atoms with Gasteiger partial charge in [0.2, 0.25) is 5.88 Å². The number of pyridine rings is 1. The first-order chi connectivity index (χ1) is 16.3. The van der Waals surface area contributed by atoms with Gasteiger partial charge in [0.25, 0.3) is 11.5 Å². The molecule has 0 atom stereocenters. The minimum Gasteiger partial charge on any atom is -0.494 e. The van der Waals surface area contributed by atoms with Gasteiger partial charge in [-0.2, -0.15) is 5.26 Å². The number of thiocarbonyl (C=S) groups is 1. The van der Waals surface area contributed by atoms with Crippen LogP contribution in [0.1, 0.15) is 70.9 Å². The Morgan fingerprint density at radius 1 is 1.32 bits per heavy atom. The molecule has 2 aliphatic rings. The zero-order chi connectivity index (χ0) is 24.4. The molecule has 1 amide bonds. The summed E-state index contributed by atoms with van der Waals surface area (Å²) in [5.74, 6) is -1.09. The highest BCUT2D eigenvalue weighted by molar-refractivity contribution is 8.26. The fraction of sp³-hybridized carbons (Fsp3) is 0.375. The number of Topliss-reactive ketones (excluding diaryl/α,β-unsaturated/α-hetero) is 1. The van der Waals surface area contributed by atoms with Gasteiger partial charge in [0.05, 0.1) is 10.5 Å². The summed E-state index contributed by atoms with van der Waals surface area (Å²) >= 11 is 8.05. The van der Waals surface area contributed by atoms with Crippen molar-refractivity contribution in [3.05, 3.63) is 54.3 Å². The number of carbonyl (C=O) groups excluding carboxylic acids is 2. The Hall–Kier alpha value is -2.74. The van der Waals surface area contributed by atoms with Crippen LogP contribution in [0.15, 0.2) is 27.2 Å². The van der Waals surface area contributed by atoms with E-state index < -0.39 is 11.3 Å². The van der Waals surface area contributed by atoms with Gasteiger partial charge in [0, 0.05) is 23.9 Å². The number of aromatic hydroxyl groups is 1. The van der Waals surface area contributed by atoms with Crippen molar-refractivity contribution < 1.29 is 14.7 Å². The van der Waals surface area contributed by atoms with E-state index in [0.717, 1.165) is 24.1 Å². The number of nitrogens with zero attached hydrogens (tertiary/aromatic N) is 3. The zero-order valence-electron chi connectivity index (χ0n) is 18.6. The molecule has 0 radical (unpaired) electrons. The van der Waals surface area contributed by atoms with Gasteiger partial charge in [-0.3, -0.25) is 23.9 Å². The Labute approximate surface area is 210 Å². The first-order valence-corrected chi connectivity index (χ1v) is 13.1. The molecule has 10 heteroatoms. The molecule has 1 aliphatic heterocycles. The van der Waals surface area contributed by atoms with Crippen LogP contribution in [-0.2, 0) is 4.79 Å². The summed E-state index contributed by atoms with van der Waals surface area (Å²) in [5.41, 5.74) is -0.542. The smallest absolute Gasteiger partial charge is 0.271 e. The summed E-state index contributed by atoms with van der Waals surface area (Å²) in [6.45, 7) is 1.55.